The van der Waals surface area contributed by atoms with Crippen LogP contribution in [0, 0.1) is 12.8 Å². The van der Waals surface area contributed by atoms with E-state index in [0.29, 0.717) is 62.9 Å². The van der Waals surface area contributed by atoms with Gasteiger partial charge in [0, 0.05) is 59.8 Å². The van der Waals surface area contributed by atoms with Gasteiger partial charge in [0.15, 0.2) is 17.3 Å². The van der Waals surface area contributed by atoms with E-state index < -0.39 is 102 Å². The molecule has 0 radical (unpaired) electrons. The van der Waals surface area contributed by atoms with E-state index in [4.69, 9.17) is 29.4 Å². The fourth-order valence-electron chi connectivity index (χ4n) is 12.8. The second kappa shape index (κ2) is 32.9. The van der Waals surface area contributed by atoms with Gasteiger partial charge in [-0.3, -0.25) is 38.6 Å². The van der Waals surface area contributed by atoms with Crippen LogP contribution in [0.4, 0.5) is 15.3 Å². The second-order valence-electron chi connectivity index (χ2n) is 24.2. The number of aromatic hydroxyl groups is 1. The lowest BCUT2D eigenvalue weighted by atomic mass is 9.70. The zero-order chi connectivity index (χ0) is 68.9. The van der Waals surface area contributed by atoms with Crippen molar-refractivity contribution in [3.8, 4) is 11.5 Å². The molecule has 29 heteroatoms. The lowest BCUT2D eigenvalue weighted by Gasteiger charge is -2.60. The van der Waals surface area contributed by atoms with Gasteiger partial charge in [-0.15, -0.1) is 0 Å². The molecule has 0 spiro atoms. The number of nitrogens with two attached hydrogens (primary N) is 1. The number of aliphatic hydroxyl groups excluding tert-OH is 2. The maximum atomic E-state index is 14.3. The first-order chi connectivity index (χ1) is 45.4. The Morgan fingerprint density at radius 2 is 1.53 bits per heavy atom. The van der Waals surface area contributed by atoms with E-state index in [2.05, 4.69) is 68.0 Å². The first-order valence-corrected chi connectivity index (χ1v) is 32.8. The highest BCUT2D eigenvalue weighted by Crippen LogP contribution is 2.52. The highest BCUT2D eigenvalue weighted by molar-refractivity contribution is 9.08. The molecule has 8 rings (SSSR count). The zero-order valence-corrected chi connectivity index (χ0v) is 56.5. The Balaban J connectivity index is 0.790. The summed E-state index contributed by atoms with van der Waals surface area (Å²) in [5.74, 6) is -3.23. The molecule has 1 saturated heterocycles. The molecule has 514 valence electrons. The number of likely N-dealkylation sites (N-methyl/N-ethyl adjacent to an activating group) is 1. The third kappa shape index (κ3) is 17.0. The number of methoxy groups -OCH3 is 2. The molecule has 8 amide bonds. The third-order valence-electron chi connectivity index (χ3n) is 17.8. The lowest BCUT2D eigenvalue weighted by molar-refractivity contribution is -0.167. The normalized spacial score (nSPS) is 20.1. The van der Waals surface area contributed by atoms with Crippen LogP contribution in [-0.2, 0) is 67.7 Å². The number of amides is 8. The number of aliphatic hydroxyl groups is 2. The first kappa shape index (κ1) is 72.5. The number of urea groups is 1. The molecule has 1 unspecified atom stereocenters. The number of Topliss-reactive ketones (excluding diaryl/α,β-unsaturated/α-hetero) is 1. The minimum atomic E-state index is -1.20. The number of hydrogen-bond acceptors (Lipinski definition) is 20. The number of halogens is 1. The Bertz CT molecular complexity index is 3590. The summed E-state index contributed by atoms with van der Waals surface area (Å²) in [6.45, 7) is 10.9. The number of ketones is 1. The predicted molar refractivity (Wildman–Crippen MR) is 352 cm³/mol. The summed E-state index contributed by atoms with van der Waals surface area (Å²) < 4.78 is 27.7. The first-order valence-electron chi connectivity index (χ1n) is 31.7. The Hall–Kier alpha value is -8.32. The molecule has 1 aliphatic carbocycles. The summed E-state index contributed by atoms with van der Waals surface area (Å²) in [6.07, 6.45) is -1.79. The Morgan fingerprint density at radius 3 is 2.20 bits per heavy atom. The van der Waals surface area contributed by atoms with Crippen LogP contribution >= 0.6 is 15.9 Å². The van der Waals surface area contributed by atoms with Crippen molar-refractivity contribution in [1.29, 1.82) is 0 Å². The minimum absolute atomic E-state index is 0.0269. The molecule has 2 bridgehead atoms. The Labute approximate surface area is 559 Å². The van der Waals surface area contributed by atoms with Crippen molar-refractivity contribution >= 4 is 80.1 Å². The number of phenolic OH excluding ortho intramolecular Hbond substituents is 1. The van der Waals surface area contributed by atoms with Crippen molar-refractivity contribution in [3.05, 3.63) is 110 Å². The molecule has 4 aromatic rings. The number of aromatic nitrogens is 2. The van der Waals surface area contributed by atoms with Gasteiger partial charge in [-0.05, 0) is 130 Å². The maximum absolute atomic E-state index is 14.3. The number of alkyl carbamates (subject to hydrolysis) is 1. The van der Waals surface area contributed by atoms with Crippen LogP contribution in [0.15, 0.2) is 71.0 Å². The van der Waals surface area contributed by atoms with E-state index in [1.165, 1.54) is 21.1 Å². The fourth-order valence-corrected chi connectivity index (χ4v) is 13.3. The standard InChI is InChI=1S/C66H87BrN12O16/c1-10-43-47(30-67)75-44-18-15-38(26-46(44)74-43)61(85)69-21-23-94-25-24-93-22-19-52(81)77-54(33(2)3)63(87)76-45(12-11-20-70-65(68)89)62(86)73-39-16-13-37(14-17-39)32-95-66(90)72-36(6)60(84)71-31-50-53-42(56(82)35(5)59(92-9)57(53)83)28-48-55-41-29-51(80)58(91-8)34(4)40(41)27-49(78(55)7)64(88)79(48)50/h13-18,26,29,33,36,45,48-50,54-56,64,80,82,88H,10-12,19-25,27-28,30-32H2,1-9H3,(H,69,85)(H,71,84)(H,72,90)(H,73,86)(H,76,87)(H,77,81)(H3,68,70,89)/t36-,45-,48-,49-,50-,54-,55-,56?,64-/m0/s1. The fraction of sp³-hybridized carbons (Fsp3) is 0.515. The monoisotopic (exact) mass is 1380 g/mol. The second-order valence-corrected chi connectivity index (χ2v) is 24.8. The summed E-state index contributed by atoms with van der Waals surface area (Å²) >= 11 is 3.45. The van der Waals surface area contributed by atoms with Crippen molar-refractivity contribution < 1.29 is 77.4 Å². The number of carbonyl (C=O) groups is 8. The third-order valence-corrected chi connectivity index (χ3v) is 18.3. The Morgan fingerprint density at radius 1 is 0.811 bits per heavy atom. The number of alkyl halides is 1. The summed E-state index contributed by atoms with van der Waals surface area (Å²) in [5.41, 5.74) is 13.0. The smallest absolute Gasteiger partial charge is 0.408 e. The van der Waals surface area contributed by atoms with Crippen molar-refractivity contribution in [2.24, 2.45) is 11.7 Å². The van der Waals surface area contributed by atoms with Crippen LogP contribution in [0.25, 0.3) is 11.0 Å². The number of carbonyl (C=O) groups excluding carboxylic acids is 8. The van der Waals surface area contributed by atoms with Crippen LogP contribution in [0.3, 0.4) is 0 Å². The maximum Gasteiger partial charge on any atom is 0.408 e. The number of fused-ring (bicyclic) bond motifs is 7. The summed E-state index contributed by atoms with van der Waals surface area (Å²) in [7, 11) is 4.71. The van der Waals surface area contributed by atoms with Crippen LogP contribution in [0.1, 0.15) is 110 Å². The number of nitrogens with one attached hydrogen (secondary N) is 7. The number of piperazine rings is 1. The molecular weight excluding hydrogens is 1300 g/mol. The number of primary amides is 1. The highest BCUT2D eigenvalue weighted by atomic mass is 79.9. The number of benzene rings is 3. The van der Waals surface area contributed by atoms with E-state index >= 15 is 0 Å². The molecular formula is C66H87BrN12O16. The van der Waals surface area contributed by atoms with Gasteiger partial charge in [0.1, 0.15) is 37.1 Å². The molecule has 4 heterocycles. The van der Waals surface area contributed by atoms with Gasteiger partial charge in [-0.2, -0.15) is 0 Å². The van der Waals surface area contributed by atoms with E-state index in [1.54, 1.807) is 69.3 Å². The molecule has 9 atom stereocenters. The van der Waals surface area contributed by atoms with Gasteiger partial charge in [0.25, 0.3) is 5.91 Å². The number of phenols is 1. The van der Waals surface area contributed by atoms with Crippen LogP contribution in [0.5, 0.6) is 11.5 Å². The number of hydrogen-bond donors (Lipinski definition) is 11. The highest BCUT2D eigenvalue weighted by Gasteiger charge is 2.57. The molecule has 3 aliphatic heterocycles. The predicted octanol–water partition coefficient (Wildman–Crippen LogP) is 3.24. The quantitative estimate of drug-likeness (QED) is 0.0264. The molecule has 4 aliphatic rings. The number of anilines is 1. The van der Waals surface area contributed by atoms with Crippen LogP contribution in [-0.4, -0.2) is 198 Å². The minimum Gasteiger partial charge on any atom is -0.504 e. The number of aryl methyl sites for hydroxylation is 1. The number of rotatable bonds is 30. The zero-order valence-electron chi connectivity index (χ0n) is 54.9. The van der Waals surface area contributed by atoms with E-state index in [-0.39, 0.29) is 101 Å². The topological polar surface area (TPSA) is 386 Å². The average molecular weight is 1380 g/mol. The number of ether oxygens (including phenoxy) is 5. The average Bonchev–Trinajstić information content (AvgIpc) is 0.704. The summed E-state index contributed by atoms with van der Waals surface area (Å²) in [4.78, 5) is 119. The van der Waals surface area contributed by atoms with Crippen LogP contribution in [0.2, 0.25) is 0 Å². The van der Waals surface area contributed by atoms with Crippen molar-refractivity contribution in [2.75, 3.05) is 72.6 Å². The number of nitrogens with zero attached hydrogens (tertiary/aromatic N) is 4. The van der Waals surface area contributed by atoms with Gasteiger partial charge >= 0.3 is 12.1 Å². The van der Waals surface area contributed by atoms with Gasteiger partial charge in [-0.25, -0.2) is 19.6 Å². The molecule has 3 aromatic carbocycles. The van der Waals surface area contributed by atoms with Crippen molar-refractivity contribution in [1.82, 2.24) is 51.7 Å². The largest absolute Gasteiger partial charge is 0.504 e. The Kier molecular flexibility index (Phi) is 25.1. The summed E-state index contributed by atoms with van der Waals surface area (Å²) in [5, 5.41) is 54.7. The van der Waals surface area contributed by atoms with E-state index in [0.717, 1.165) is 28.1 Å². The number of allylic oxidation sites excluding steroid dienone is 1. The van der Waals surface area contributed by atoms with E-state index in [1.807, 2.05) is 25.8 Å². The molecule has 1 aromatic heterocycles. The van der Waals surface area contributed by atoms with Gasteiger partial charge in [0.05, 0.1) is 81.2 Å². The molecule has 12 N–H and O–H groups in total. The van der Waals surface area contributed by atoms with Gasteiger partial charge in [0.2, 0.25) is 29.4 Å². The molecule has 1 fully saturated rings. The molecule has 95 heavy (non-hydrogen) atoms. The lowest BCUT2D eigenvalue weighted by Crippen LogP contribution is -2.71. The molecule has 0 saturated carbocycles. The van der Waals surface area contributed by atoms with Crippen LogP contribution < -0.4 is 47.7 Å². The van der Waals surface area contributed by atoms with Gasteiger partial charge in [-0.1, -0.05) is 48.8 Å². The molecule has 28 nitrogen and oxygen atoms in total. The van der Waals surface area contributed by atoms with E-state index in [9.17, 15) is 53.7 Å². The van der Waals surface area contributed by atoms with Crippen molar-refractivity contribution in [2.45, 2.75) is 147 Å². The SMILES string of the molecule is CCc1nc2cc(C(=O)NCCOCCOCCC(=O)N[C@H](C(=O)N[C@@H](CCCNC(N)=O)C(=O)Nc3ccc(COC(=O)N[C@@H](C)C(=O)NC[C@H]4C5=C(C[C@H]6[C@@H]7c8cc(O)c(OC)c(C)c8C[C@@H]([C@H](O)N46)N7C)C(O)C(C)=C(OC)C5=O)cc3)C(C)C)ccc2nc1CBr. The summed E-state index contributed by atoms with van der Waals surface area (Å²) in [6, 6.07) is 6.64. The van der Waals surface area contributed by atoms with Gasteiger partial charge < -0.3 is 82.0 Å². The van der Waals surface area contributed by atoms with Crippen molar-refractivity contribution in [3.63, 3.8) is 0 Å².